The van der Waals surface area contributed by atoms with Gasteiger partial charge in [0.2, 0.25) is 0 Å². The van der Waals surface area contributed by atoms with Crippen molar-refractivity contribution in [2.24, 2.45) is 0 Å². The summed E-state index contributed by atoms with van der Waals surface area (Å²) in [6.45, 7) is -0.541. The fourth-order valence-corrected chi connectivity index (χ4v) is 3.13. The number of hydrogen-bond donors (Lipinski definition) is 4. The maximum Gasteiger partial charge on any atom is 0.252 e. The molecule has 7 nitrogen and oxygen atoms in total. The second kappa shape index (κ2) is 8.59. The Hall–Kier alpha value is -3.97. The van der Waals surface area contributed by atoms with Gasteiger partial charge in [-0.2, -0.15) is 5.10 Å². The van der Waals surface area contributed by atoms with E-state index in [2.05, 4.69) is 20.8 Å². The molecule has 1 aromatic heterocycles. The quantitative estimate of drug-likeness (QED) is 0.399. The zero-order valence-electron chi connectivity index (χ0n) is 16.0. The lowest BCUT2D eigenvalue weighted by atomic mass is 10.1. The molecule has 150 valence electrons. The standard InChI is InChI=1S/C23H20N4O3/c28-14-20(24-22(29)18-11-10-15-6-4-5-9-17(15)12-18)23(30)25-21-13-19(26-27-21)16-7-2-1-3-8-16/h1-13,20,28H,14H2,(H,24,29)(H2,25,26,27,30)/t20-/m0/s1. The SMILES string of the molecule is O=C(N[C@@H](CO)C(=O)Nc1cc(-c2ccccc2)[nH]n1)c1ccc2ccccc2c1. The van der Waals surface area contributed by atoms with Crippen molar-refractivity contribution >= 4 is 28.4 Å². The van der Waals surface area contributed by atoms with Crippen LogP contribution in [0, 0.1) is 0 Å². The Balaban J connectivity index is 1.43. The molecular formula is C23H20N4O3. The third-order valence-electron chi connectivity index (χ3n) is 4.73. The average molecular weight is 400 g/mol. The highest BCUT2D eigenvalue weighted by atomic mass is 16.3. The number of aromatic nitrogens is 2. The van der Waals surface area contributed by atoms with Crippen LogP contribution in [-0.4, -0.2) is 39.8 Å². The van der Waals surface area contributed by atoms with E-state index < -0.39 is 24.5 Å². The molecule has 30 heavy (non-hydrogen) atoms. The number of benzene rings is 3. The third kappa shape index (κ3) is 4.21. The van der Waals surface area contributed by atoms with Gasteiger partial charge in [0.25, 0.3) is 11.8 Å². The second-order valence-corrected chi connectivity index (χ2v) is 6.79. The highest BCUT2D eigenvalue weighted by Crippen LogP contribution is 2.19. The first-order chi connectivity index (χ1) is 14.6. The van der Waals surface area contributed by atoms with E-state index in [1.165, 1.54) is 0 Å². The van der Waals surface area contributed by atoms with Gasteiger partial charge in [-0.1, -0.05) is 60.7 Å². The van der Waals surface area contributed by atoms with E-state index in [1.807, 2.05) is 60.7 Å². The summed E-state index contributed by atoms with van der Waals surface area (Å²) in [4.78, 5) is 25.1. The van der Waals surface area contributed by atoms with E-state index in [0.29, 0.717) is 11.4 Å². The van der Waals surface area contributed by atoms with Crippen molar-refractivity contribution in [1.29, 1.82) is 0 Å². The molecule has 0 aliphatic carbocycles. The minimum atomic E-state index is -1.11. The summed E-state index contributed by atoms with van der Waals surface area (Å²) in [6, 6.07) is 23.1. The molecule has 1 atom stereocenters. The Morgan fingerprint density at radius 1 is 0.933 bits per heavy atom. The van der Waals surface area contributed by atoms with Crippen LogP contribution >= 0.6 is 0 Å². The minimum Gasteiger partial charge on any atom is -0.394 e. The van der Waals surface area contributed by atoms with Crippen LogP contribution in [0.2, 0.25) is 0 Å². The van der Waals surface area contributed by atoms with Gasteiger partial charge in [-0.05, 0) is 28.5 Å². The molecule has 0 bridgehead atoms. The first-order valence-corrected chi connectivity index (χ1v) is 9.46. The van der Waals surface area contributed by atoms with Crippen molar-refractivity contribution in [2.45, 2.75) is 6.04 Å². The largest absolute Gasteiger partial charge is 0.394 e. The summed E-state index contributed by atoms with van der Waals surface area (Å²) in [6.07, 6.45) is 0. The van der Waals surface area contributed by atoms with E-state index in [9.17, 15) is 14.7 Å². The molecule has 3 aromatic carbocycles. The molecule has 0 radical (unpaired) electrons. The maximum absolute atomic E-state index is 12.6. The summed E-state index contributed by atoms with van der Waals surface area (Å²) in [5, 5.41) is 23.7. The van der Waals surface area contributed by atoms with Crippen LogP contribution in [0.3, 0.4) is 0 Å². The molecule has 0 spiro atoms. The van der Waals surface area contributed by atoms with Crippen molar-refractivity contribution in [1.82, 2.24) is 15.5 Å². The number of H-pyrrole nitrogens is 1. The lowest BCUT2D eigenvalue weighted by Gasteiger charge is -2.15. The van der Waals surface area contributed by atoms with Gasteiger partial charge in [0.1, 0.15) is 6.04 Å². The molecule has 0 aliphatic rings. The van der Waals surface area contributed by atoms with E-state index in [4.69, 9.17) is 0 Å². The molecule has 7 heteroatoms. The predicted octanol–water partition coefficient (Wildman–Crippen LogP) is 2.96. The van der Waals surface area contributed by atoms with Crippen molar-refractivity contribution in [3.63, 3.8) is 0 Å². The highest BCUT2D eigenvalue weighted by molar-refractivity contribution is 6.02. The van der Waals surface area contributed by atoms with Crippen LogP contribution in [0.1, 0.15) is 10.4 Å². The number of rotatable bonds is 6. The van der Waals surface area contributed by atoms with E-state index in [1.54, 1.807) is 18.2 Å². The summed E-state index contributed by atoms with van der Waals surface area (Å²) in [5.41, 5.74) is 2.08. The van der Waals surface area contributed by atoms with Gasteiger partial charge in [-0.15, -0.1) is 0 Å². The lowest BCUT2D eigenvalue weighted by molar-refractivity contribution is -0.118. The molecule has 0 unspecified atom stereocenters. The molecule has 4 N–H and O–H groups in total. The molecule has 0 fully saturated rings. The molecule has 1 heterocycles. The summed E-state index contributed by atoms with van der Waals surface area (Å²) < 4.78 is 0. The van der Waals surface area contributed by atoms with Crippen molar-refractivity contribution < 1.29 is 14.7 Å². The van der Waals surface area contributed by atoms with Crippen LogP contribution in [0.4, 0.5) is 5.82 Å². The minimum absolute atomic E-state index is 0.303. The van der Waals surface area contributed by atoms with Crippen molar-refractivity contribution in [3.8, 4) is 11.3 Å². The molecule has 0 saturated carbocycles. The third-order valence-corrected chi connectivity index (χ3v) is 4.73. The molecule has 2 amide bonds. The van der Waals surface area contributed by atoms with Crippen LogP contribution in [0.25, 0.3) is 22.0 Å². The molecule has 4 rings (SSSR count). The monoisotopic (exact) mass is 400 g/mol. The number of aromatic amines is 1. The zero-order valence-corrected chi connectivity index (χ0v) is 16.0. The fourth-order valence-electron chi connectivity index (χ4n) is 3.13. The molecule has 4 aromatic rings. The Labute approximate surface area is 172 Å². The van der Waals surface area contributed by atoms with Crippen LogP contribution in [0.5, 0.6) is 0 Å². The molecule has 0 aliphatic heterocycles. The smallest absolute Gasteiger partial charge is 0.252 e. The summed E-state index contributed by atoms with van der Waals surface area (Å²) in [5.74, 6) is -0.697. The fraction of sp³-hybridized carbons (Fsp3) is 0.0870. The first kappa shape index (κ1) is 19.4. The van der Waals surface area contributed by atoms with Gasteiger partial charge in [0.15, 0.2) is 5.82 Å². The maximum atomic E-state index is 12.6. The second-order valence-electron chi connectivity index (χ2n) is 6.79. The number of fused-ring (bicyclic) bond motifs is 1. The van der Waals surface area contributed by atoms with E-state index in [-0.39, 0.29) is 0 Å². The number of carbonyl (C=O) groups excluding carboxylic acids is 2. The van der Waals surface area contributed by atoms with Crippen molar-refractivity contribution in [2.75, 3.05) is 11.9 Å². The molecule has 0 saturated heterocycles. The van der Waals surface area contributed by atoms with Gasteiger partial charge >= 0.3 is 0 Å². The zero-order chi connectivity index (χ0) is 20.9. The van der Waals surface area contributed by atoms with Gasteiger partial charge in [0, 0.05) is 11.6 Å². The van der Waals surface area contributed by atoms with E-state index >= 15 is 0 Å². The van der Waals surface area contributed by atoms with Gasteiger partial charge in [-0.25, -0.2) is 0 Å². The Morgan fingerprint density at radius 2 is 1.67 bits per heavy atom. The number of nitrogens with one attached hydrogen (secondary N) is 3. The average Bonchev–Trinajstić information content (AvgIpc) is 3.26. The van der Waals surface area contributed by atoms with Gasteiger partial charge in [-0.3, -0.25) is 14.7 Å². The Morgan fingerprint density at radius 3 is 2.43 bits per heavy atom. The number of anilines is 1. The summed E-state index contributed by atoms with van der Waals surface area (Å²) in [7, 11) is 0. The van der Waals surface area contributed by atoms with Gasteiger partial charge < -0.3 is 15.7 Å². The number of aliphatic hydroxyl groups is 1. The Kier molecular flexibility index (Phi) is 5.54. The van der Waals surface area contributed by atoms with E-state index in [0.717, 1.165) is 22.0 Å². The number of amides is 2. The highest BCUT2D eigenvalue weighted by Gasteiger charge is 2.21. The predicted molar refractivity (Wildman–Crippen MR) is 115 cm³/mol. The first-order valence-electron chi connectivity index (χ1n) is 9.46. The Bertz CT molecular complexity index is 1190. The number of nitrogens with zero attached hydrogens (tertiary/aromatic N) is 1. The van der Waals surface area contributed by atoms with Crippen LogP contribution in [0.15, 0.2) is 78.9 Å². The normalized spacial score (nSPS) is 11.8. The number of hydrogen-bond acceptors (Lipinski definition) is 4. The lowest BCUT2D eigenvalue weighted by Crippen LogP contribution is -2.46. The molecular weight excluding hydrogens is 380 g/mol. The van der Waals surface area contributed by atoms with Crippen LogP contribution in [-0.2, 0) is 4.79 Å². The summed E-state index contributed by atoms with van der Waals surface area (Å²) >= 11 is 0. The van der Waals surface area contributed by atoms with Gasteiger partial charge in [0.05, 0.1) is 12.3 Å². The topological polar surface area (TPSA) is 107 Å². The van der Waals surface area contributed by atoms with Crippen molar-refractivity contribution in [3.05, 3.63) is 84.4 Å². The van der Waals surface area contributed by atoms with Crippen LogP contribution < -0.4 is 10.6 Å². The number of aliphatic hydroxyl groups excluding tert-OH is 1. The number of carbonyl (C=O) groups is 2.